The zero-order valence-corrected chi connectivity index (χ0v) is 13.4. The monoisotopic (exact) mass is 319 g/mol. The van der Waals surface area contributed by atoms with Crippen LogP contribution in [0, 0.1) is 0 Å². The van der Waals surface area contributed by atoms with Crippen molar-refractivity contribution in [2.45, 2.75) is 51.4 Å². The number of hydrogen-bond acceptors (Lipinski definition) is 3. The maximum Gasteiger partial charge on any atom is 0.0704 e. The molecule has 17 heavy (non-hydrogen) atoms. The Kier molecular flexibility index (Phi) is 6.03. The summed E-state index contributed by atoms with van der Waals surface area (Å²) in [4.78, 5) is 0. The Morgan fingerprint density at radius 1 is 1.47 bits per heavy atom. The van der Waals surface area contributed by atoms with E-state index in [2.05, 4.69) is 48.7 Å². The molecule has 0 aliphatic rings. The molecule has 1 rings (SSSR count). The van der Waals surface area contributed by atoms with Gasteiger partial charge in [-0.05, 0) is 36.2 Å². The quantitative estimate of drug-likeness (QED) is 0.868. The largest absolute Gasteiger partial charge is 0.322 e. The molecule has 0 bridgehead atoms. The molecule has 0 aliphatic carbocycles. The molecule has 0 saturated carbocycles. The molecule has 3 nitrogen and oxygen atoms in total. The van der Waals surface area contributed by atoms with E-state index in [4.69, 9.17) is 5.73 Å². The molecule has 98 valence electrons. The minimum absolute atomic E-state index is 0.0354. The van der Waals surface area contributed by atoms with Gasteiger partial charge in [-0.3, -0.25) is 4.68 Å². The van der Waals surface area contributed by atoms with Gasteiger partial charge in [-0.2, -0.15) is 16.9 Å². The number of hydrogen-bond donors (Lipinski definition) is 1. The minimum atomic E-state index is 0.0354. The summed E-state index contributed by atoms with van der Waals surface area (Å²) >= 11 is 5.46. The van der Waals surface area contributed by atoms with E-state index < -0.39 is 0 Å². The average molecular weight is 320 g/mol. The molecule has 0 saturated heterocycles. The molecule has 1 aromatic rings. The van der Waals surface area contributed by atoms with Crippen molar-refractivity contribution in [2.24, 2.45) is 5.73 Å². The SMILES string of the molecule is CCC(C)SCC(N)c1c(Br)cnn1C(C)C. The summed E-state index contributed by atoms with van der Waals surface area (Å²) in [6.07, 6.45) is 3.02. The molecule has 0 fully saturated rings. The highest BCUT2D eigenvalue weighted by Crippen LogP contribution is 2.28. The number of halogens is 1. The Balaban J connectivity index is 2.74. The summed E-state index contributed by atoms with van der Waals surface area (Å²) < 4.78 is 3.02. The van der Waals surface area contributed by atoms with Gasteiger partial charge in [-0.15, -0.1) is 0 Å². The summed E-state index contributed by atoms with van der Waals surface area (Å²) in [5.41, 5.74) is 7.38. The summed E-state index contributed by atoms with van der Waals surface area (Å²) in [6.45, 7) is 8.69. The fourth-order valence-electron chi connectivity index (χ4n) is 1.57. The van der Waals surface area contributed by atoms with Crippen molar-refractivity contribution < 1.29 is 0 Å². The number of nitrogens with zero attached hydrogens (tertiary/aromatic N) is 2. The minimum Gasteiger partial charge on any atom is -0.322 e. The molecule has 0 aliphatic heterocycles. The van der Waals surface area contributed by atoms with Crippen LogP contribution in [-0.4, -0.2) is 20.8 Å². The highest BCUT2D eigenvalue weighted by atomic mass is 79.9. The van der Waals surface area contributed by atoms with Crippen LogP contribution in [-0.2, 0) is 0 Å². The van der Waals surface area contributed by atoms with Gasteiger partial charge in [0.25, 0.3) is 0 Å². The van der Waals surface area contributed by atoms with Crippen LogP contribution in [0.4, 0.5) is 0 Å². The van der Waals surface area contributed by atoms with Crippen LogP contribution < -0.4 is 5.73 Å². The molecule has 2 atom stereocenters. The van der Waals surface area contributed by atoms with Gasteiger partial charge < -0.3 is 5.73 Å². The first-order valence-corrected chi connectivity index (χ1v) is 7.91. The lowest BCUT2D eigenvalue weighted by Gasteiger charge is -2.18. The van der Waals surface area contributed by atoms with Crippen LogP contribution in [0.5, 0.6) is 0 Å². The van der Waals surface area contributed by atoms with E-state index in [9.17, 15) is 0 Å². The van der Waals surface area contributed by atoms with E-state index >= 15 is 0 Å². The van der Waals surface area contributed by atoms with Crippen LogP contribution in [0.25, 0.3) is 0 Å². The summed E-state index contributed by atoms with van der Waals surface area (Å²) in [5.74, 6) is 0.937. The first-order chi connectivity index (χ1) is 7.97. The maximum atomic E-state index is 6.27. The second kappa shape index (κ2) is 6.81. The van der Waals surface area contributed by atoms with Crippen molar-refractivity contribution in [3.8, 4) is 0 Å². The molecular formula is C12H22BrN3S. The molecule has 2 unspecified atom stereocenters. The van der Waals surface area contributed by atoms with Gasteiger partial charge in [-0.1, -0.05) is 13.8 Å². The van der Waals surface area contributed by atoms with Gasteiger partial charge in [0.05, 0.1) is 22.4 Å². The van der Waals surface area contributed by atoms with E-state index in [0.717, 1.165) is 15.9 Å². The standard InChI is InChI=1S/C12H22BrN3S/c1-5-9(4)17-7-11(14)12-10(13)6-15-16(12)8(2)3/h6,8-9,11H,5,7,14H2,1-4H3. The van der Waals surface area contributed by atoms with Crippen molar-refractivity contribution in [3.05, 3.63) is 16.4 Å². The van der Waals surface area contributed by atoms with Crippen LogP contribution >= 0.6 is 27.7 Å². The average Bonchev–Trinajstić information content (AvgIpc) is 2.67. The maximum absolute atomic E-state index is 6.27. The first-order valence-electron chi connectivity index (χ1n) is 6.07. The van der Waals surface area contributed by atoms with Crippen molar-refractivity contribution in [1.82, 2.24) is 9.78 Å². The highest BCUT2D eigenvalue weighted by molar-refractivity contribution is 9.10. The molecule has 2 N–H and O–H groups in total. The Labute approximate surface area is 117 Å². The van der Waals surface area contributed by atoms with Crippen LogP contribution in [0.2, 0.25) is 0 Å². The topological polar surface area (TPSA) is 43.8 Å². The van der Waals surface area contributed by atoms with Gasteiger partial charge in [-0.25, -0.2) is 0 Å². The molecule has 1 aromatic heterocycles. The molecule has 0 aromatic carbocycles. The summed E-state index contributed by atoms with van der Waals surface area (Å²) in [7, 11) is 0. The van der Waals surface area contributed by atoms with E-state index in [1.807, 2.05) is 22.6 Å². The second-order valence-corrected chi connectivity index (χ2v) is 6.90. The fraction of sp³-hybridized carbons (Fsp3) is 0.750. The van der Waals surface area contributed by atoms with Gasteiger partial charge >= 0.3 is 0 Å². The summed E-state index contributed by atoms with van der Waals surface area (Å²) in [6, 6.07) is 0.379. The number of aromatic nitrogens is 2. The predicted molar refractivity (Wildman–Crippen MR) is 79.5 cm³/mol. The first kappa shape index (κ1) is 15.1. The molecule has 0 spiro atoms. The smallest absolute Gasteiger partial charge is 0.0704 e. The third kappa shape index (κ3) is 4.00. The van der Waals surface area contributed by atoms with E-state index in [1.54, 1.807) is 0 Å². The number of rotatable bonds is 6. The van der Waals surface area contributed by atoms with Crippen molar-refractivity contribution >= 4 is 27.7 Å². The van der Waals surface area contributed by atoms with Crippen molar-refractivity contribution in [1.29, 1.82) is 0 Å². The van der Waals surface area contributed by atoms with Crippen LogP contribution in [0.15, 0.2) is 10.7 Å². The van der Waals surface area contributed by atoms with E-state index in [0.29, 0.717) is 11.3 Å². The Morgan fingerprint density at radius 2 is 2.12 bits per heavy atom. The lowest BCUT2D eigenvalue weighted by atomic mass is 10.2. The summed E-state index contributed by atoms with van der Waals surface area (Å²) in [5, 5.41) is 5.03. The second-order valence-electron chi connectivity index (χ2n) is 4.57. The van der Waals surface area contributed by atoms with Crippen LogP contribution in [0.3, 0.4) is 0 Å². The predicted octanol–water partition coefficient (Wildman–Crippen LogP) is 3.76. The third-order valence-electron chi connectivity index (χ3n) is 2.76. The zero-order chi connectivity index (χ0) is 13.0. The number of thioether (sulfide) groups is 1. The molecular weight excluding hydrogens is 298 g/mol. The Morgan fingerprint density at radius 3 is 2.65 bits per heavy atom. The molecule has 5 heteroatoms. The lowest BCUT2D eigenvalue weighted by Crippen LogP contribution is -2.21. The van der Waals surface area contributed by atoms with Gasteiger partial charge in [0.2, 0.25) is 0 Å². The number of nitrogens with two attached hydrogens (primary N) is 1. The lowest BCUT2D eigenvalue weighted by molar-refractivity contribution is 0.494. The van der Waals surface area contributed by atoms with E-state index in [-0.39, 0.29) is 6.04 Å². The van der Waals surface area contributed by atoms with Gasteiger partial charge in [0.1, 0.15) is 0 Å². The zero-order valence-electron chi connectivity index (χ0n) is 11.0. The molecule has 0 radical (unpaired) electrons. The highest BCUT2D eigenvalue weighted by Gasteiger charge is 2.18. The van der Waals surface area contributed by atoms with Gasteiger partial charge in [0, 0.05) is 17.0 Å². The van der Waals surface area contributed by atoms with Crippen LogP contribution in [0.1, 0.15) is 51.9 Å². The third-order valence-corrected chi connectivity index (χ3v) is 4.83. The Hall–Kier alpha value is 0. The van der Waals surface area contributed by atoms with Gasteiger partial charge in [0.15, 0.2) is 0 Å². The van der Waals surface area contributed by atoms with Crippen molar-refractivity contribution in [3.63, 3.8) is 0 Å². The van der Waals surface area contributed by atoms with Crippen molar-refractivity contribution in [2.75, 3.05) is 5.75 Å². The normalized spacial score (nSPS) is 15.2. The molecule has 1 heterocycles. The molecule has 0 amide bonds. The fourth-order valence-corrected chi connectivity index (χ4v) is 3.07. The van der Waals surface area contributed by atoms with E-state index in [1.165, 1.54) is 6.42 Å². The Bertz CT molecular complexity index is 352.